The van der Waals surface area contributed by atoms with Crippen LogP contribution in [-0.2, 0) is 6.42 Å². The fourth-order valence-corrected chi connectivity index (χ4v) is 3.64. The number of hydrogen-bond donors (Lipinski definition) is 1. The number of fused-ring (bicyclic) bond motifs is 5. The van der Waals surface area contributed by atoms with E-state index in [0.717, 1.165) is 29.6 Å². The summed E-state index contributed by atoms with van der Waals surface area (Å²) in [6, 6.07) is 12.6. The quantitative estimate of drug-likeness (QED) is 0.375. The number of nitrogens with zero attached hydrogens (tertiary/aromatic N) is 2. The van der Waals surface area contributed by atoms with Crippen LogP contribution in [-0.4, -0.2) is 15.9 Å². The summed E-state index contributed by atoms with van der Waals surface area (Å²) in [7, 11) is 0. The van der Waals surface area contributed by atoms with Crippen molar-refractivity contribution in [2.45, 2.75) is 26.7 Å². The Hall–Kier alpha value is -2.42. The maximum Gasteiger partial charge on any atom is 0.0891 e. The van der Waals surface area contributed by atoms with Crippen LogP contribution in [0.4, 0.5) is 0 Å². The SMILES string of the molecule is CC1(C)C/C(=N\O)c2cnc3ccc4ccccc4c3c2C1. The van der Waals surface area contributed by atoms with Gasteiger partial charge >= 0.3 is 0 Å². The molecule has 1 aliphatic rings. The smallest absolute Gasteiger partial charge is 0.0891 e. The Kier molecular flexibility index (Phi) is 2.73. The molecule has 0 aliphatic heterocycles. The normalized spacial score (nSPS) is 18.7. The summed E-state index contributed by atoms with van der Waals surface area (Å²) in [5, 5.41) is 16.6. The minimum Gasteiger partial charge on any atom is -0.411 e. The van der Waals surface area contributed by atoms with Crippen molar-refractivity contribution >= 4 is 27.4 Å². The van der Waals surface area contributed by atoms with Crippen LogP contribution in [0.25, 0.3) is 21.7 Å². The van der Waals surface area contributed by atoms with Gasteiger partial charge in [-0.1, -0.05) is 49.3 Å². The van der Waals surface area contributed by atoms with E-state index in [-0.39, 0.29) is 5.41 Å². The molecular weight excluding hydrogens is 272 g/mol. The van der Waals surface area contributed by atoms with Crippen LogP contribution in [0.5, 0.6) is 0 Å². The Morgan fingerprint density at radius 2 is 1.91 bits per heavy atom. The van der Waals surface area contributed by atoms with Crippen molar-refractivity contribution in [3.8, 4) is 0 Å². The lowest BCUT2D eigenvalue weighted by Crippen LogP contribution is -2.28. The van der Waals surface area contributed by atoms with E-state index >= 15 is 0 Å². The molecule has 0 atom stereocenters. The highest BCUT2D eigenvalue weighted by Gasteiger charge is 2.31. The predicted octanol–water partition coefficient (Wildman–Crippen LogP) is 4.54. The van der Waals surface area contributed by atoms with Crippen LogP contribution < -0.4 is 0 Å². The van der Waals surface area contributed by atoms with Gasteiger partial charge in [0.25, 0.3) is 0 Å². The second-order valence-corrected chi connectivity index (χ2v) is 6.90. The molecule has 0 radical (unpaired) electrons. The third kappa shape index (κ3) is 1.89. The number of oxime groups is 1. The monoisotopic (exact) mass is 290 g/mol. The Balaban J connectivity index is 2.17. The molecule has 0 unspecified atom stereocenters. The fourth-order valence-electron chi connectivity index (χ4n) is 3.64. The summed E-state index contributed by atoms with van der Waals surface area (Å²) in [5.41, 5.74) is 4.08. The summed E-state index contributed by atoms with van der Waals surface area (Å²) in [5.74, 6) is 0. The van der Waals surface area contributed by atoms with Crippen LogP contribution in [0.1, 0.15) is 31.4 Å². The first kappa shape index (κ1) is 13.3. The predicted molar refractivity (Wildman–Crippen MR) is 89.7 cm³/mol. The van der Waals surface area contributed by atoms with E-state index in [2.05, 4.69) is 60.4 Å². The molecule has 0 spiro atoms. The maximum atomic E-state index is 9.42. The van der Waals surface area contributed by atoms with Gasteiger partial charge < -0.3 is 5.21 Å². The van der Waals surface area contributed by atoms with Crippen molar-refractivity contribution in [2.75, 3.05) is 0 Å². The van der Waals surface area contributed by atoms with E-state index in [0.29, 0.717) is 0 Å². The molecule has 0 fully saturated rings. The first-order valence-corrected chi connectivity index (χ1v) is 7.60. The van der Waals surface area contributed by atoms with Crippen molar-refractivity contribution in [1.82, 2.24) is 4.98 Å². The highest BCUT2D eigenvalue weighted by Crippen LogP contribution is 2.39. The van der Waals surface area contributed by atoms with Gasteiger partial charge in [-0.25, -0.2) is 0 Å². The molecular formula is C19H18N2O. The molecule has 0 saturated carbocycles. The highest BCUT2D eigenvalue weighted by atomic mass is 16.4. The zero-order valence-electron chi connectivity index (χ0n) is 12.8. The Labute approximate surface area is 129 Å². The Morgan fingerprint density at radius 1 is 1.09 bits per heavy atom. The van der Waals surface area contributed by atoms with Crippen LogP contribution >= 0.6 is 0 Å². The number of benzene rings is 2. The average Bonchev–Trinajstić information content (AvgIpc) is 2.52. The maximum absolute atomic E-state index is 9.42. The zero-order valence-corrected chi connectivity index (χ0v) is 12.8. The Bertz CT molecular complexity index is 925. The molecule has 4 rings (SSSR count). The molecule has 110 valence electrons. The van der Waals surface area contributed by atoms with Crippen molar-refractivity contribution in [3.05, 3.63) is 53.7 Å². The first-order chi connectivity index (χ1) is 10.6. The van der Waals surface area contributed by atoms with E-state index in [4.69, 9.17) is 0 Å². The summed E-state index contributed by atoms with van der Waals surface area (Å²) >= 11 is 0. The van der Waals surface area contributed by atoms with E-state index in [1.54, 1.807) is 0 Å². The lowest BCUT2D eigenvalue weighted by Gasteiger charge is -2.32. The first-order valence-electron chi connectivity index (χ1n) is 7.60. The molecule has 1 aromatic heterocycles. The molecule has 3 nitrogen and oxygen atoms in total. The number of rotatable bonds is 0. The van der Waals surface area contributed by atoms with Gasteiger partial charge in [0.2, 0.25) is 0 Å². The second-order valence-electron chi connectivity index (χ2n) is 6.90. The standard InChI is InChI=1S/C19H18N2O/c1-19(2)9-14-15(17(10-19)21-22)11-20-16-8-7-12-5-3-4-6-13(12)18(14)16/h3-8,11,22H,9-10H2,1-2H3/b21-17+. The average molecular weight is 290 g/mol. The lowest BCUT2D eigenvalue weighted by atomic mass is 9.72. The van der Waals surface area contributed by atoms with E-state index in [1.807, 2.05) is 6.20 Å². The number of hydrogen-bond acceptors (Lipinski definition) is 3. The van der Waals surface area contributed by atoms with Crippen LogP contribution in [0, 0.1) is 5.41 Å². The fraction of sp³-hybridized carbons (Fsp3) is 0.263. The number of pyridine rings is 1. The third-order valence-electron chi connectivity index (χ3n) is 4.60. The largest absolute Gasteiger partial charge is 0.411 e. The number of aromatic nitrogens is 1. The molecule has 3 aromatic rings. The molecule has 0 bridgehead atoms. The minimum absolute atomic E-state index is 0.0831. The zero-order chi connectivity index (χ0) is 15.3. The topological polar surface area (TPSA) is 45.5 Å². The van der Waals surface area contributed by atoms with Gasteiger partial charge in [0.1, 0.15) is 0 Å². The molecule has 1 N–H and O–H groups in total. The van der Waals surface area contributed by atoms with Gasteiger partial charge in [-0.2, -0.15) is 0 Å². The Morgan fingerprint density at radius 3 is 2.73 bits per heavy atom. The summed E-state index contributed by atoms with van der Waals surface area (Å²) in [4.78, 5) is 4.60. The molecule has 3 heteroatoms. The van der Waals surface area contributed by atoms with Gasteiger partial charge in [0.05, 0.1) is 11.2 Å². The molecule has 22 heavy (non-hydrogen) atoms. The van der Waals surface area contributed by atoms with Gasteiger partial charge in [-0.15, -0.1) is 0 Å². The van der Waals surface area contributed by atoms with E-state index in [1.165, 1.54) is 21.7 Å². The summed E-state index contributed by atoms with van der Waals surface area (Å²) < 4.78 is 0. The molecule has 1 heterocycles. The molecule has 2 aromatic carbocycles. The van der Waals surface area contributed by atoms with Crippen LogP contribution in [0.15, 0.2) is 47.8 Å². The van der Waals surface area contributed by atoms with Crippen molar-refractivity contribution in [3.63, 3.8) is 0 Å². The van der Waals surface area contributed by atoms with Crippen molar-refractivity contribution < 1.29 is 5.21 Å². The molecule has 0 amide bonds. The van der Waals surface area contributed by atoms with Gasteiger partial charge in [-0.05, 0) is 40.7 Å². The third-order valence-corrected chi connectivity index (χ3v) is 4.60. The minimum atomic E-state index is 0.0831. The van der Waals surface area contributed by atoms with Crippen molar-refractivity contribution in [1.29, 1.82) is 0 Å². The van der Waals surface area contributed by atoms with Crippen LogP contribution in [0.2, 0.25) is 0 Å². The van der Waals surface area contributed by atoms with Gasteiger partial charge in [0, 0.05) is 17.1 Å². The summed E-state index contributed by atoms with van der Waals surface area (Å²) in [6.45, 7) is 4.44. The summed E-state index contributed by atoms with van der Waals surface area (Å²) in [6.07, 6.45) is 3.60. The van der Waals surface area contributed by atoms with E-state index in [9.17, 15) is 5.21 Å². The molecule has 1 aliphatic carbocycles. The molecule has 0 saturated heterocycles. The van der Waals surface area contributed by atoms with E-state index < -0.39 is 0 Å². The highest BCUT2D eigenvalue weighted by molar-refractivity contribution is 6.13. The van der Waals surface area contributed by atoms with Crippen molar-refractivity contribution in [2.24, 2.45) is 10.6 Å². The van der Waals surface area contributed by atoms with Gasteiger partial charge in [0.15, 0.2) is 0 Å². The van der Waals surface area contributed by atoms with Gasteiger partial charge in [-0.3, -0.25) is 4.98 Å². The lowest BCUT2D eigenvalue weighted by molar-refractivity contribution is 0.307. The van der Waals surface area contributed by atoms with Crippen LogP contribution in [0.3, 0.4) is 0 Å². The second kappa shape index (κ2) is 4.54.